The van der Waals surface area contributed by atoms with E-state index in [-0.39, 0.29) is 0 Å². The van der Waals surface area contributed by atoms with Crippen LogP contribution in [-0.2, 0) is 9.59 Å². The molecule has 0 amide bonds. The lowest BCUT2D eigenvalue weighted by Gasteiger charge is -2.19. The predicted molar refractivity (Wildman–Crippen MR) is 45.3 cm³/mol. The molecule has 0 saturated carbocycles. The number of alkyl halides is 2. The molecule has 2 N–H and O–H groups in total. The number of carboxylic acids is 2. The van der Waals surface area contributed by atoms with Crippen molar-refractivity contribution >= 4 is 43.8 Å². The van der Waals surface area contributed by atoms with Crippen molar-refractivity contribution in [2.45, 2.75) is 16.1 Å². The van der Waals surface area contributed by atoms with Crippen LogP contribution in [0.3, 0.4) is 0 Å². The lowest BCUT2D eigenvalue weighted by molar-refractivity contribution is -0.144. The zero-order valence-electron chi connectivity index (χ0n) is 5.54. The van der Waals surface area contributed by atoms with Crippen molar-refractivity contribution in [1.82, 2.24) is 0 Å². The molecule has 0 aromatic carbocycles. The molecule has 0 rings (SSSR count). The van der Waals surface area contributed by atoms with Gasteiger partial charge in [-0.1, -0.05) is 31.9 Å². The molecule has 0 aliphatic heterocycles. The summed E-state index contributed by atoms with van der Waals surface area (Å²) < 4.78 is -1.47. The molecular formula is C5H6Br2O4. The van der Waals surface area contributed by atoms with E-state index in [4.69, 9.17) is 10.2 Å². The standard InChI is InChI=1S/C5H6Br2O4/c1-5(7,4(10)11)2(6)3(8)9/h2H,1H3,(H,8,9)(H,10,11)/t2-,5-/m1/s1. The van der Waals surface area contributed by atoms with Crippen LogP contribution in [0.2, 0.25) is 0 Å². The van der Waals surface area contributed by atoms with Gasteiger partial charge in [0.1, 0.15) is 9.15 Å². The first-order chi connectivity index (χ1) is 4.80. The Bertz CT molecular complexity index is 189. The average Bonchev–Trinajstić information content (AvgIpc) is 1.85. The van der Waals surface area contributed by atoms with Gasteiger partial charge in [0.05, 0.1) is 0 Å². The average molecular weight is 290 g/mol. The fourth-order valence-corrected chi connectivity index (χ4v) is 0.732. The Balaban J connectivity index is 4.55. The normalized spacial score (nSPS) is 18.5. The third kappa shape index (κ3) is 2.44. The number of carboxylic acid groups (broad SMARTS) is 2. The second kappa shape index (κ2) is 3.53. The van der Waals surface area contributed by atoms with Gasteiger partial charge in [0.2, 0.25) is 0 Å². The highest BCUT2D eigenvalue weighted by Gasteiger charge is 2.42. The summed E-state index contributed by atoms with van der Waals surface area (Å²) in [5.41, 5.74) is 0. The van der Waals surface area contributed by atoms with Crippen molar-refractivity contribution < 1.29 is 19.8 Å². The van der Waals surface area contributed by atoms with E-state index in [1.54, 1.807) is 0 Å². The fourth-order valence-electron chi connectivity index (χ4n) is 0.340. The van der Waals surface area contributed by atoms with Gasteiger partial charge < -0.3 is 10.2 Å². The summed E-state index contributed by atoms with van der Waals surface area (Å²) in [7, 11) is 0. The predicted octanol–water partition coefficient (Wildman–Crippen LogP) is 1.07. The first-order valence-electron chi connectivity index (χ1n) is 2.59. The van der Waals surface area contributed by atoms with E-state index in [0.29, 0.717) is 0 Å². The maximum atomic E-state index is 10.4. The van der Waals surface area contributed by atoms with Crippen LogP contribution in [0.25, 0.3) is 0 Å². The maximum absolute atomic E-state index is 10.4. The third-order valence-electron chi connectivity index (χ3n) is 1.11. The van der Waals surface area contributed by atoms with Gasteiger partial charge in [-0.2, -0.15) is 0 Å². The number of halogens is 2. The van der Waals surface area contributed by atoms with E-state index in [1.807, 2.05) is 0 Å². The van der Waals surface area contributed by atoms with Crippen LogP contribution in [0.15, 0.2) is 0 Å². The molecule has 0 heterocycles. The van der Waals surface area contributed by atoms with Gasteiger partial charge in [-0.3, -0.25) is 9.59 Å². The molecule has 6 heteroatoms. The Kier molecular flexibility index (Phi) is 3.50. The lowest BCUT2D eigenvalue weighted by Crippen LogP contribution is -2.42. The summed E-state index contributed by atoms with van der Waals surface area (Å²) in [5.74, 6) is -2.44. The van der Waals surface area contributed by atoms with Gasteiger partial charge in [0.25, 0.3) is 0 Å². The second-order valence-corrected chi connectivity index (χ2v) is 4.64. The zero-order valence-corrected chi connectivity index (χ0v) is 8.72. The van der Waals surface area contributed by atoms with Gasteiger partial charge in [-0.25, -0.2) is 0 Å². The van der Waals surface area contributed by atoms with Gasteiger partial charge >= 0.3 is 11.9 Å². The molecule has 4 nitrogen and oxygen atoms in total. The van der Waals surface area contributed by atoms with Gasteiger partial charge in [-0.15, -0.1) is 0 Å². The van der Waals surface area contributed by atoms with E-state index in [9.17, 15) is 9.59 Å². The Labute approximate surface area is 79.8 Å². The third-order valence-corrected chi connectivity index (χ3v) is 3.83. The Morgan fingerprint density at radius 2 is 1.82 bits per heavy atom. The van der Waals surface area contributed by atoms with Crippen LogP contribution in [0.1, 0.15) is 6.92 Å². The van der Waals surface area contributed by atoms with Gasteiger partial charge in [-0.05, 0) is 6.92 Å². The van der Waals surface area contributed by atoms with E-state index >= 15 is 0 Å². The smallest absolute Gasteiger partial charge is 0.321 e. The summed E-state index contributed by atoms with van der Waals surface area (Å²) in [6, 6.07) is 0. The topological polar surface area (TPSA) is 74.6 Å². The molecule has 11 heavy (non-hydrogen) atoms. The number of rotatable bonds is 3. The molecular weight excluding hydrogens is 284 g/mol. The molecule has 0 saturated heterocycles. The van der Waals surface area contributed by atoms with Crippen molar-refractivity contribution in [3.8, 4) is 0 Å². The van der Waals surface area contributed by atoms with E-state index in [2.05, 4.69) is 31.9 Å². The summed E-state index contributed by atoms with van der Waals surface area (Å²) in [6.45, 7) is 1.27. The Hall–Kier alpha value is -0.100. The molecule has 0 aliphatic carbocycles. The zero-order chi connectivity index (χ0) is 9.23. The van der Waals surface area contributed by atoms with Crippen molar-refractivity contribution in [3.05, 3.63) is 0 Å². The van der Waals surface area contributed by atoms with E-state index in [1.165, 1.54) is 6.92 Å². The molecule has 0 spiro atoms. The minimum Gasteiger partial charge on any atom is -0.480 e. The molecule has 64 valence electrons. The van der Waals surface area contributed by atoms with Crippen LogP contribution >= 0.6 is 31.9 Å². The van der Waals surface area contributed by atoms with Crippen molar-refractivity contribution in [2.75, 3.05) is 0 Å². The number of hydrogen-bond acceptors (Lipinski definition) is 2. The largest absolute Gasteiger partial charge is 0.480 e. The summed E-state index contributed by atoms with van der Waals surface area (Å²) in [6.07, 6.45) is 0. The first-order valence-corrected chi connectivity index (χ1v) is 4.30. The molecule has 0 aromatic heterocycles. The van der Waals surface area contributed by atoms with E-state index in [0.717, 1.165) is 0 Å². The minimum absolute atomic E-state index is 1.15. The number of hydrogen-bond donors (Lipinski definition) is 2. The van der Waals surface area contributed by atoms with Crippen LogP contribution in [0.5, 0.6) is 0 Å². The minimum atomic E-state index is -1.47. The maximum Gasteiger partial charge on any atom is 0.321 e. The highest BCUT2D eigenvalue weighted by atomic mass is 79.9. The first kappa shape index (κ1) is 10.9. The Morgan fingerprint density at radius 3 is 1.91 bits per heavy atom. The Morgan fingerprint density at radius 1 is 1.45 bits per heavy atom. The van der Waals surface area contributed by atoms with Gasteiger partial charge in [0, 0.05) is 0 Å². The highest BCUT2D eigenvalue weighted by molar-refractivity contribution is 9.13. The second-order valence-electron chi connectivity index (χ2n) is 2.08. The summed E-state index contributed by atoms with van der Waals surface area (Å²) >= 11 is 5.52. The summed E-state index contributed by atoms with van der Waals surface area (Å²) in [5, 5.41) is 16.9. The molecule has 0 aromatic rings. The monoisotopic (exact) mass is 288 g/mol. The molecule has 0 aliphatic rings. The number of aliphatic carboxylic acids is 2. The quantitative estimate of drug-likeness (QED) is 0.762. The molecule has 0 bridgehead atoms. The fraction of sp³-hybridized carbons (Fsp3) is 0.600. The molecule has 0 fully saturated rings. The van der Waals surface area contributed by atoms with Crippen molar-refractivity contribution in [3.63, 3.8) is 0 Å². The SMILES string of the molecule is C[C@](Br)(C(=O)O)[C@H](Br)C(=O)O. The van der Waals surface area contributed by atoms with Crippen molar-refractivity contribution in [1.29, 1.82) is 0 Å². The van der Waals surface area contributed by atoms with Crippen LogP contribution in [-0.4, -0.2) is 31.3 Å². The number of carbonyl (C=O) groups is 2. The van der Waals surface area contributed by atoms with Gasteiger partial charge in [0.15, 0.2) is 0 Å². The summed E-state index contributed by atoms with van der Waals surface area (Å²) in [4.78, 5) is 19.6. The van der Waals surface area contributed by atoms with Crippen LogP contribution < -0.4 is 0 Å². The van der Waals surface area contributed by atoms with Crippen LogP contribution in [0, 0.1) is 0 Å². The molecule has 2 atom stereocenters. The molecule has 0 radical (unpaired) electrons. The molecule has 0 unspecified atom stereocenters. The lowest BCUT2D eigenvalue weighted by atomic mass is 10.1. The highest BCUT2D eigenvalue weighted by Crippen LogP contribution is 2.28. The van der Waals surface area contributed by atoms with E-state index < -0.39 is 21.1 Å². The van der Waals surface area contributed by atoms with Crippen LogP contribution in [0.4, 0.5) is 0 Å². The van der Waals surface area contributed by atoms with Crippen molar-refractivity contribution in [2.24, 2.45) is 0 Å².